The van der Waals surface area contributed by atoms with E-state index in [4.69, 9.17) is 33.2 Å². The molecule has 4 saturated heterocycles. The van der Waals surface area contributed by atoms with Crippen LogP contribution in [0.1, 0.15) is 13.8 Å². The lowest BCUT2D eigenvalue weighted by Crippen LogP contribution is -2.70. The molecule has 0 unspecified atom stereocenters. The first kappa shape index (κ1) is 45.5. The van der Waals surface area contributed by atoms with E-state index in [2.05, 4.69) is 10.6 Å². The van der Waals surface area contributed by atoms with Crippen LogP contribution in [0.25, 0.3) is 0 Å². The van der Waals surface area contributed by atoms with Gasteiger partial charge in [0.05, 0.1) is 13.2 Å². The Balaban J connectivity index is 0.00000784. The Morgan fingerprint density at radius 1 is 0.519 bits per heavy atom. The Morgan fingerprint density at radius 3 is 1.43 bits per heavy atom. The van der Waals surface area contributed by atoms with Crippen LogP contribution in [-0.2, 0) is 52.3 Å². The van der Waals surface area contributed by atoms with Crippen molar-refractivity contribution < 1.29 is 119 Å². The van der Waals surface area contributed by atoms with Gasteiger partial charge < -0.3 is 111 Å². The maximum absolute atomic E-state index is 12.5. The smallest absolute Gasteiger partial charge is 0.335 e. The second-order valence-corrected chi connectivity index (χ2v) is 12.7. The highest BCUT2D eigenvalue weighted by atomic mass is 16.8. The first-order valence-corrected chi connectivity index (χ1v) is 16.1. The van der Waals surface area contributed by atoms with E-state index in [0.717, 1.165) is 13.8 Å². The van der Waals surface area contributed by atoms with Crippen molar-refractivity contribution in [1.29, 1.82) is 0 Å². The quantitative estimate of drug-likeness (QED) is 0.0872. The molecule has 54 heavy (non-hydrogen) atoms. The third-order valence-electron chi connectivity index (χ3n) is 8.94. The molecule has 0 aromatic heterocycles. The number of amides is 2. The molecule has 4 fully saturated rings. The van der Waals surface area contributed by atoms with Gasteiger partial charge >= 0.3 is 11.9 Å². The summed E-state index contributed by atoms with van der Waals surface area (Å²) in [7, 11) is 0. The van der Waals surface area contributed by atoms with E-state index in [9.17, 15) is 80.5 Å². The van der Waals surface area contributed by atoms with Crippen LogP contribution in [0.4, 0.5) is 0 Å². The fourth-order valence-electron chi connectivity index (χ4n) is 6.30. The van der Waals surface area contributed by atoms with Crippen molar-refractivity contribution in [3.8, 4) is 0 Å². The molecule has 0 saturated carbocycles. The van der Waals surface area contributed by atoms with E-state index < -0.39 is 160 Å². The molecule has 0 radical (unpaired) electrons. The molecule has 2 amide bonds. The molecule has 4 heterocycles. The number of carboxylic acid groups (broad SMARTS) is 2. The second kappa shape index (κ2) is 18.9. The van der Waals surface area contributed by atoms with Gasteiger partial charge in [0.25, 0.3) is 0 Å². The van der Waals surface area contributed by atoms with Crippen molar-refractivity contribution in [1.82, 2.24) is 10.6 Å². The summed E-state index contributed by atoms with van der Waals surface area (Å²) in [6.07, 6.45) is -36.5. The number of aliphatic hydroxyl groups excluding tert-OH is 10. The van der Waals surface area contributed by atoms with Gasteiger partial charge in [-0.1, -0.05) is 0 Å². The van der Waals surface area contributed by atoms with E-state index in [0.29, 0.717) is 0 Å². The Bertz CT molecular complexity index is 1300. The van der Waals surface area contributed by atoms with Gasteiger partial charge in [0, 0.05) is 13.8 Å². The van der Waals surface area contributed by atoms with E-state index >= 15 is 0 Å². The number of carboxylic acids is 2. The molecule has 26 heteroatoms. The lowest BCUT2D eigenvalue weighted by molar-refractivity contribution is -0.368. The lowest BCUT2D eigenvalue weighted by atomic mass is 9.94. The average molecular weight is 795 g/mol. The van der Waals surface area contributed by atoms with E-state index in [1.165, 1.54) is 0 Å². The predicted molar refractivity (Wildman–Crippen MR) is 162 cm³/mol. The fourth-order valence-corrected chi connectivity index (χ4v) is 6.30. The molecule has 0 bridgehead atoms. The topological polar surface area (TPSA) is 431 Å². The van der Waals surface area contributed by atoms with Crippen LogP contribution in [0.3, 0.4) is 0 Å². The van der Waals surface area contributed by atoms with Gasteiger partial charge in [0.2, 0.25) is 11.8 Å². The average Bonchev–Trinajstić information content (AvgIpc) is 3.08. The van der Waals surface area contributed by atoms with E-state index in [-0.39, 0.29) is 5.48 Å². The standard InChI is InChI=1S/C28H44N2O23.H2O/c1-5(33)29-9-18(11(35)7(3-31)47-25(9)46)49-28-17(41)15(39)20(22(53-28)24(44)45)51-26-10(30-6(2)34)19(12(36)8(4-32)48-26)50-27-16(40)13(37)14(38)21(52-27)23(42)43;/h7-22,25-28,31-32,35-41,46H,3-4H2,1-2H3,(H,29,33)(H,30,34)(H,42,43)(H,44,45);1H2/t7-,8-,9-,10-,11-,12-,13+,14+,15-,16-,17-,18-,19-,20+,21+,22+,25-,26+,27-,28-;/m1./s1. The maximum atomic E-state index is 12.5. The summed E-state index contributed by atoms with van der Waals surface area (Å²) < 4.78 is 38.0. The summed E-state index contributed by atoms with van der Waals surface area (Å²) in [6, 6.07) is -3.38. The predicted octanol–water partition coefficient (Wildman–Crippen LogP) is -10.1. The number of carbonyl (C=O) groups is 4. The highest BCUT2D eigenvalue weighted by Crippen LogP contribution is 2.34. The van der Waals surface area contributed by atoms with Gasteiger partial charge in [0.1, 0.15) is 85.3 Å². The Morgan fingerprint density at radius 2 is 0.944 bits per heavy atom. The zero-order valence-corrected chi connectivity index (χ0v) is 28.3. The van der Waals surface area contributed by atoms with Gasteiger partial charge in [-0.15, -0.1) is 0 Å². The first-order valence-electron chi connectivity index (χ1n) is 16.1. The molecule has 0 aromatic carbocycles. The van der Waals surface area contributed by atoms with E-state index in [1.807, 2.05) is 0 Å². The van der Waals surface area contributed by atoms with Gasteiger partial charge in [-0.3, -0.25) is 9.59 Å². The van der Waals surface area contributed by atoms with Crippen LogP contribution >= 0.6 is 0 Å². The number of carbonyl (C=O) groups excluding carboxylic acids is 2. The highest BCUT2D eigenvalue weighted by molar-refractivity contribution is 5.74. The molecule has 0 aromatic rings. The van der Waals surface area contributed by atoms with Crippen LogP contribution in [0.15, 0.2) is 0 Å². The van der Waals surface area contributed by atoms with Crippen LogP contribution in [-0.4, -0.2) is 226 Å². The number of rotatable bonds is 12. The summed E-state index contributed by atoms with van der Waals surface area (Å²) in [4.78, 5) is 48.2. The molecule has 0 aliphatic carbocycles. The van der Waals surface area contributed by atoms with Crippen molar-refractivity contribution in [3.63, 3.8) is 0 Å². The molecule has 26 nitrogen and oxygen atoms in total. The molecule has 4 rings (SSSR count). The maximum Gasteiger partial charge on any atom is 0.335 e. The second-order valence-electron chi connectivity index (χ2n) is 12.7. The molecular formula is C28H46N2O24. The minimum atomic E-state index is -2.30. The Kier molecular flexibility index (Phi) is 15.9. The SMILES string of the molecule is CC(=O)N[C@@H]1[C@@H](O[C@@H]2O[C@H](C(=O)O)[C@@H](O[C@@H]3O[C@H](CO)[C@@H](O)[C@H](O[C@@H]4O[C@H](C(=O)O)[C@@H](O)[C@H](O)[C@H]4O)[C@H]3NC(C)=O)[C@H](O)[C@H]2O)[C@H](O)[C@@H](CO)O[C@H]1O.O. The lowest BCUT2D eigenvalue weighted by Gasteiger charge is -2.49. The van der Waals surface area contributed by atoms with Gasteiger partial charge in [-0.2, -0.15) is 0 Å². The van der Waals surface area contributed by atoms with Gasteiger partial charge in [-0.25, -0.2) is 9.59 Å². The highest BCUT2D eigenvalue weighted by Gasteiger charge is 2.57. The largest absolute Gasteiger partial charge is 0.479 e. The van der Waals surface area contributed by atoms with Crippen molar-refractivity contribution in [2.24, 2.45) is 0 Å². The van der Waals surface area contributed by atoms with Gasteiger partial charge in [0.15, 0.2) is 37.4 Å². The molecule has 312 valence electrons. The number of ether oxygens (including phenoxy) is 7. The van der Waals surface area contributed by atoms with Crippen LogP contribution in [0, 0.1) is 0 Å². The third kappa shape index (κ3) is 9.57. The van der Waals surface area contributed by atoms with E-state index in [1.54, 1.807) is 0 Å². The minimum absolute atomic E-state index is 0. The zero-order chi connectivity index (χ0) is 39.6. The molecule has 4 aliphatic heterocycles. The van der Waals surface area contributed by atoms with Gasteiger partial charge in [-0.05, 0) is 0 Å². The fraction of sp³-hybridized carbons (Fsp3) is 0.857. The van der Waals surface area contributed by atoms with Crippen molar-refractivity contribution >= 4 is 23.8 Å². The molecular weight excluding hydrogens is 748 g/mol. The number of aliphatic carboxylic acids is 2. The normalized spacial score (nSPS) is 45.4. The number of nitrogens with one attached hydrogen (secondary N) is 2. The summed E-state index contributed by atoms with van der Waals surface area (Å²) in [5.41, 5.74) is 0. The summed E-state index contributed by atoms with van der Waals surface area (Å²) >= 11 is 0. The summed E-state index contributed by atoms with van der Waals surface area (Å²) in [5.74, 6) is -5.28. The number of hydrogen-bond donors (Lipinski definition) is 14. The van der Waals surface area contributed by atoms with Crippen molar-refractivity contribution in [3.05, 3.63) is 0 Å². The molecule has 16 N–H and O–H groups in total. The Labute approximate surface area is 303 Å². The number of aliphatic hydroxyl groups is 10. The summed E-state index contributed by atoms with van der Waals surface area (Å²) in [5, 5.41) is 129. The Hall–Kier alpha value is -2.84. The summed E-state index contributed by atoms with van der Waals surface area (Å²) in [6.45, 7) is 0.116. The third-order valence-corrected chi connectivity index (χ3v) is 8.94. The number of hydrogen-bond acceptors (Lipinski definition) is 21. The first-order chi connectivity index (χ1) is 24.8. The van der Waals surface area contributed by atoms with Crippen molar-refractivity contribution in [2.45, 2.75) is 137 Å². The minimum Gasteiger partial charge on any atom is -0.479 e. The van der Waals surface area contributed by atoms with Crippen LogP contribution < -0.4 is 10.6 Å². The van der Waals surface area contributed by atoms with Crippen LogP contribution in [0.5, 0.6) is 0 Å². The van der Waals surface area contributed by atoms with Crippen molar-refractivity contribution in [2.75, 3.05) is 13.2 Å². The van der Waals surface area contributed by atoms with Crippen LogP contribution in [0.2, 0.25) is 0 Å². The monoisotopic (exact) mass is 794 g/mol. The molecule has 20 atom stereocenters. The zero-order valence-electron chi connectivity index (χ0n) is 28.3. The molecule has 0 spiro atoms. The molecule has 4 aliphatic rings.